The van der Waals surface area contributed by atoms with Crippen LogP contribution in [0.15, 0.2) is 0 Å². The fraction of sp³-hybridized carbons (Fsp3) is 0.938. The summed E-state index contributed by atoms with van der Waals surface area (Å²) in [5, 5.41) is 0. The predicted molar refractivity (Wildman–Crippen MR) is 79.3 cm³/mol. The minimum Gasteiger partial charge on any atom is -0.369 e. The Balaban J connectivity index is 4.21. The van der Waals surface area contributed by atoms with Crippen LogP contribution >= 0.6 is 0 Å². The van der Waals surface area contributed by atoms with Gasteiger partial charge in [-0.1, -0.05) is 66.2 Å². The second-order valence-electron chi connectivity index (χ2n) is 5.92. The highest BCUT2D eigenvalue weighted by molar-refractivity contribution is 5.77. The van der Waals surface area contributed by atoms with Crippen LogP contribution in [0.3, 0.4) is 0 Å². The molecule has 108 valence electrons. The molecule has 2 heteroatoms. The Morgan fingerprint density at radius 2 is 1.56 bits per heavy atom. The number of carbonyl (C=O) groups excluding carboxylic acids is 1. The third kappa shape index (κ3) is 7.03. The maximum Gasteiger partial charge on any atom is 0.221 e. The lowest BCUT2D eigenvalue weighted by Gasteiger charge is -2.27. The van der Waals surface area contributed by atoms with Crippen molar-refractivity contribution >= 4 is 5.91 Å². The van der Waals surface area contributed by atoms with Crippen LogP contribution in [0.4, 0.5) is 0 Å². The molecular weight excluding hydrogens is 222 g/mol. The van der Waals surface area contributed by atoms with E-state index < -0.39 is 0 Å². The maximum atomic E-state index is 11.6. The van der Waals surface area contributed by atoms with E-state index in [-0.39, 0.29) is 11.8 Å². The normalized spacial score (nSPS) is 14.7. The third-order valence-electron chi connectivity index (χ3n) is 3.89. The highest BCUT2D eigenvalue weighted by Gasteiger charge is 2.28. The van der Waals surface area contributed by atoms with E-state index in [4.69, 9.17) is 5.73 Å². The van der Waals surface area contributed by atoms with Gasteiger partial charge >= 0.3 is 0 Å². The van der Waals surface area contributed by atoms with Gasteiger partial charge in [0.25, 0.3) is 0 Å². The van der Waals surface area contributed by atoms with Crippen molar-refractivity contribution in [2.75, 3.05) is 0 Å². The summed E-state index contributed by atoms with van der Waals surface area (Å²) in [7, 11) is 0. The molecule has 0 rings (SSSR count). The number of carbonyl (C=O) groups is 1. The van der Waals surface area contributed by atoms with Gasteiger partial charge in [-0.2, -0.15) is 0 Å². The number of hydrogen-bond acceptors (Lipinski definition) is 1. The van der Waals surface area contributed by atoms with Crippen LogP contribution in [0.25, 0.3) is 0 Å². The molecule has 0 aliphatic carbocycles. The van der Waals surface area contributed by atoms with Crippen molar-refractivity contribution in [3.8, 4) is 0 Å². The highest BCUT2D eigenvalue weighted by Crippen LogP contribution is 2.29. The Morgan fingerprint density at radius 1 is 0.944 bits per heavy atom. The van der Waals surface area contributed by atoms with E-state index in [2.05, 4.69) is 27.7 Å². The smallest absolute Gasteiger partial charge is 0.221 e. The summed E-state index contributed by atoms with van der Waals surface area (Å²) in [5.41, 5.74) is 5.58. The van der Waals surface area contributed by atoms with E-state index in [0.717, 1.165) is 12.8 Å². The molecule has 0 aromatic carbocycles. The molecule has 0 aliphatic heterocycles. The van der Waals surface area contributed by atoms with Crippen molar-refractivity contribution in [2.24, 2.45) is 23.5 Å². The topological polar surface area (TPSA) is 43.1 Å². The van der Waals surface area contributed by atoms with Crippen molar-refractivity contribution in [1.82, 2.24) is 0 Å². The summed E-state index contributed by atoms with van der Waals surface area (Å²) < 4.78 is 0. The van der Waals surface area contributed by atoms with Crippen LogP contribution in [0, 0.1) is 17.8 Å². The molecule has 0 bridgehead atoms. The molecule has 2 unspecified atom stereocenters. The van der Waals surface area contributed by atoms with Gasteiger partial charge in [-0.25, -0.2) is 0 Å². The summed E-state index contributed by atoms with van der Waals surface area (Å²) in [6, 6.07) is 0. The SMILES string of the molecule is CCCCCCCC(CCC)C(C(N)=O)C(C)C. The first-order valence-corrected chi connectivity index (χ1v) is 7.83. The average Bonchev–Trinajstić information content (AvgIpc) is 2.27. The number of primary amides is 1. The Hall–Kier alpha value is -0.530. The van der Waals surface area contributed by atoms with Gasteiger partial charge in [0.05, 0.1) is 0 Å². The zero-order chi connectivity index (χ0) is 14.0. The van der Waals surface area contributed by atoms with E-state index in [1.807, 2.05) is 0 Å². The van der Waals surface area contributed by atoms with Crippen LogP contribution in [-0.4, -0.2) is 5.91 Å². The van der Waals surface area contributed by atoms with Crippen molar-refractivity contribution in [3.05, 3.63) is 0 Å². The zero-order valence-electron chi connectivity index (χ0n) is 12.9. The Kier molecular flexibility index (Phi) is 10.1. The van der Waals surface area contributed by atoms with Crippen molar-refractivity contribution in [3.63, 3.8) is 0 Å². The van der Waals surface area contributed by atoms with Gasteiger partial charge in [-0.3, -0.25) is 4.79 Å². The first-order valence-electron chi connectivity index (χ1n) is 7.83. The fourth-order valence-electron chi connectivity index (χ4n) is 2.99. The lowest BCUT2D eigenvalue weighted by Crippen LogP contribution is -2.34. The molecule has 0 spiro atoms. The van der Waals surface area contributed by atoms with Gasteiger partial charge in [0.2, 0.25) is 5.91 Å². The maximum absolute atomic E-state index is 11.6. The highest BCUT2D eigenvalue weighted by atomic mass is 16.1. The molecule has 0 fully saturated rings. The summed E-state index contributed by atoms with van der Waals surface area (Å²) >= 11 is 0. The molecule has 0 aromatic heterocycles. The quantitative estimate of drug-likeness (QED) is 0.542. The summed E-state index contributed by atoms with van der Waals surface area (Å²) in [5.74, 6) is 0.831. The molecule has 1 amide bonds. The molecule has 0 aliphatic rings. The first kappa shape index (κ1) is 17.5. The van der Waals surface area contributed by atoms with Gasteiger partial charge in [0.15, 0.2) is 0 Å². The molecule has 2 atom stereocenters. The Bertz CT molecular complexity index is 213. The van der Waals surface area contributed by atoms with E-state index in [0.29, 0.717) is 11.8 Å². The molecule has 2 nitrogen and oxygen atoms in total. The number of nitrogens with two attached hydrogens (primary N) is 1. The van der Waals surface area contributed by atoms with Crippen LogP contribution in [0.1, 0.15) is 79.1 Å². The number of unbranched alkanes of at least 4 members (excludes halogenated alkanes) is 4. The van der Waals surface area contributed by atoms with Crippen LogP contribution in [-0.2, 0) is 4.79 Å². The van der Waals surface area contributed by atoms with E-state index in [1.165, 1.54) is 38.5 Å². The van der Waals surface area contributed by atoms with Crippen molar-refractivity contribution < 1.29 is 4.79 Å². The molecule has 2 N–H and O–H groups in total. The summed E-state index contributed by atoms with van der Waals surface area (Å²) in [6.45, 7) is 8.68. The predicted octanol–water partition coefficient (Wildman–Crippen LogP) is 4.52. The number of amides is 1. The molecule has 0 heterocycles. The van der Waals surface area contributed by atoms with Gasteiger partial charge in [-0.15, -0.1) is 0 Å². The van der Waals surface area contributed by atoms with Crippen molar-refractivity contribution in [1.29, 1.82) is 0 Å². The number of rotatable bonds is 11. The van der Waals surface area contributed by atoms with Crippen LogP contribution in [0.5, 0.6) is 0 Å². The molecule has 0 radical (unpaired) electrons. The monoisotopic (exact) mass is 255 g/mol. The standard InChI is InChI=1S/C16H33NO/c1-5-7-8-9-10-12-14(11-6-2)15(13(3)4)16(17)18/h13-15H,5-12H2,1-4H3,(H2,17,18). The molecular formula is C16H33NO. The average molecular weight is 255 g/mol. The van der Waals surface area contributed by atoms with E-state index >= 15 is 0 Å². The van der Waals surface area contributed by atoms with Crippen LogP contribution < -0.4 is 5.73 Å². The molecule has 0 saturated carbocycles. The van der Waals surface area contributed by atoms with Gasteiger partial charge in [-0.05, 0) is 24.7 Å². The minimum absolute atomic E-state index is 0.0659. The largest absolute Gasteiger partial charge is 0.369 e. The lowest BCUT2D eigenvalue weighted by atomic mass is 9.77. The molecule has 18 heavy (non-hydrogen) atoms. The number of hydrogen-bond donors (Lipinski definition) is 1. The fourth-order valence-corrected chi connectivity index (χ4v) is 2.99. The van der Waals surface area contributed by atoms with Gasteiger partial charge in [0, 0.05) is 5.92 Å². The second kappa shape index (κ2) is 10.4. The minimum atomic E-state index is -0.1000. The first-order chi connectivity index (χ1) is 8.54. The second-order valence-corrected chi connectivity index (χ2v) is 5.92. The Labute approximate surface area is 114 Å². The third-order valence-corrected chi connectivity index (χ3v) is 3.89. The van der Waals surface area contributed by atoms with Gasteiger partial charge < -0.3 is 5.73 Å². The van der Waals surface area contributed by atoms with E-state index in [1.54, 1.807) is 0 Å². The van der Waals surface area contributed by atoms with Crippen molar-refractivity contribution in [2.45, 2.75) is 79.1 Å². The molecule has 0 saturated heterocycles. The van der Waals surface area contributed by atoms with Crippen LogP contribution in [0.2, 0.25) is 0 Å². The lowest BCUT2D eigenvalue weighted by molar-refractivity contribution is -0.125. The summed E-state index contributed by atoms with van der Waals surface area (Å²) in [6.07, 6.45) is 9.96. The van der Waals surface area contributed by atoms with Gasteiger partial charge in [0.1, 0.15) is 0 Å². The zero-order valence-corrected chi connectivity index (χ0v) is 12.9. The summed E-state index contributed by atoms with van der Waals surface area (Å²) in [4.78, 5) is 11.6. The molecule has 0 aromatic rings. The Morgan fingerprint density at radius 3 is 2.00 bits per heavy atom. The van der Waals surface area contributed by atoms with E-state index in [9.17, 15) is 4.79 Å².